The Hall–Kier alpha value is -2.43. The molecule has 1 aromatic carbocycles. The quantitative estimate of drug-likeness (QED) is 0.737. The maximum atomic E-state index is 14.0. The summed E-state index contributed by atoms with van der Waals surface area (Å²) in [6.45, 7) is 0.800. The number of pyridine rings is 1. The minimum Gasteiger partial charge on any atom is -0.370 e. The minimum atomic E-state index is -0.183. The fourth-order valence-corrected chi connectivity index (χ4v) is 2.82. The molecule has 1 aliphatic rings. The van der Waals surface area contributed by atoms with Gasteiger partial charge in [-0.15, -0.1) is 5.10 Å². The van der Waals surface area contributed by atoms with Crippen LogP contribution in [0.15, 0.2) is 42.6 Å². The zero-order chi connectivity index (χ0) is 13.5. The average molecular weight is 268 g/mol. The molecule has 0 radical (unpaired) electrons. The topological polar surface area (TPSA) is 42.7 Å². The first kappa shape index (κ1) is 11.4. The van der Waals surface area contributed by atoms with Crippen LogP contribution in [-0.2, 0) is 0 Å². The van der Waals surface area contributed by atoms with Gasteiger partial charge in [0.15, 0.2) is 5.65 Å². The van der Waals surface area contributed by atoms with Crippen LogP contribution in [0.3, 0.4) is 0 Å². The van der Waals surface area contributed by atoms with Crippen molar-refractivity contribution >= 4 is 16.9 Å². The molecule has 2 aromatic heterocycles. The summed E-state index contributed by atoms with van der Waals surface area (Å²) in [6, 6.07) is 10.7. The van der Waals surface area contributed by atoms with Crippen molar-refractivity contribution in [2.24, 2.45) is 0 Å². The van der Waals surface area contributed by atoms with Crippen LogP contribution in [0.4, 0.5) is 10.2 Å². The zero-order valence-corrected chi connectivity index (χ0v) is 10.8. The van der Waals surface area contributed by atoms with Gasteiger partial charge in [-0.2, -0.15) is 0 Å². The first-order chi connectivity index (χ1) is 9.84. The van der Waals surface area contributed by atoms with E-state index in [-0.39, 0.29) is 11.9 Å². The largest absolute Gasteiger partial charge is 0.370 e. The number of anilines is 1. The Bertz CT molecular complexity index is 780. The van der Waals surface area contributed by atoms with E-state index >= 15 is 0 Å². The highest BCUT2D eigenvalue weighted by molar-refractivity contribution is 5.87. The van der Waals surface area contributed by atoms with Gasteiger partial charge in [-0.3, -0.25) is 0 Å². The van der Waals surface area contributed by atoms with E-state index in [2.05, 4.69) is 15.4 Å². The summed E-state index contributed by atoms with van der Waals surface area (Å²) >= 11 is 0. The lowest BCUT2D eigenvalue weighted by Gasteiger charge is -2.26. The van der Waals surface area contributed by atoms with Crippen LogP contribution in [0.5, 0.6) is 0 Å². The standard InChI is InChI=1S/C15H13FN4/c16-12-6-2-1-4-10(12)13-7-9-18-15-11-5-3-8-17-14(11)19-20(13)15/h1-6,8,13,18H,7,9H2. The fraction of sp³-hybridized carbons (Fsp3) is 0.200. The Balaban J connectivity index is 1.92. The summed E-state index contributed by atoms with van der Waals surface area (Å²) in [4.78, 5) is 4.27. The molecule has 3 heterocycles. The normalized spacial score (nSPS) is 17.8. The molecule has 0 saturated carbocycles. The van der Waals surface area contributed by atoms with Gasteiger partial charge in [0, 0.05) is 18.3 Å². The van der Waals surface area contributed by atoms with Crippen LogP contribution in [0.1, 0.15) is 18.0 Å². The molecule has 1 aliphatic heterocycles. The molecule has 100 valence electrons. The molecule has 0 fully saturated rings. The Morgan fingerprint density at radius 1 is 1.20 bits per heavy atom. The van der Waals surface area contributed by atoms with Crippen molar-refractivity contribution < 1.29 is 4.39 Å². The highest BCUT2D eigenvalue weighted by atomic mass is 19.1. The predicted molar refractivity (Wildman–Crippen MR) is 75.2 cm³/mol. The first-order valence-electron chi connectivity index (χ1n) is 6.66. The molecule has 1 unspecified atom stereocenters. The average Bonchev–Trinajstić information content (AvgIpc) is 2.86. The van der Waals surface area contributed by atoms with Crippen molar-refractivity contribution in [3.05, 3.63) is 54.0 Å². The molecule has 0 saturated heterocycles. The highest BCUT2D eigenvalue weighted by Gasteiger charge is 2.26. The number of halogens is 1. The van der Waals surface area contributed by atoms with E-state index in [0.29, 0.717) is 11.2 Å². The van der Waals surface area contributed by atoms with Gasteiger partial charge in [0.25, 0.3) is 0 Å². The summed E-state index contributed by atoms with van der Waals surface area (Å²) in [5.41, 5.74) is 1.38. The maximum absolute atomic E-state index is 14.0. The number of hydrogen-bond acceptors (Lipinski definition) is 3. The van der Waals surface area contributed by atoms with E-state index in [1.165, 1.54) is 6.07 Å². The van der Waals surface area contributed by atoms with Crippen molar-refractivity contribution in [3.8, 4) is 0 Å². The van der Waals surface area contributed by atoms with Crippen LogP contribution in [0.25, 0.3) is 11.0 Å². The molecule has 5 heteroatoms. The summed E-state index contributed by atoms with van der Waals surface area (Å²) in [6.07, 6.45) is 2.53. The van der Waals surface area contributed by atoms with Crippen molar-refractivity contribution in [1.82, 2.24) is 14.8 Å². The smallest absolute Gasteiger partial charge is 0.183 e. The molecule has 0 aliphatic carbocycles. The van der Waals surface area contributed by atoms with Crippen molar-refractivity contribution in [2.45, 2.75) is 12.5 Å². The third-order valence-corrected chi connectivity index (χ3v) is 3.74. The van der Waals surface area contributed by atoms with Gasteiger partial charge in [0.05, 0.1) is 11.4 Å². The van der Waals surface area contributed by atoms with E-state index < -0.39 is 0 Å². The third kappa shape index (κ3) is 1.59. The number of hydrogen-bond donors (Lipinski definition) is 1. The number of benzene rings is 1. The SMILES string of the molecule is Fc1ccccc1C1CCNc2c3cccnc3nn21. The van der Waals surface area contributed by atoms with Crippen molar-refractivity contribution in [3.63, 3.8) is 0 Å². The monoisotopic (exact) mass is 268 g/mol. The van der Waals surface area contributed by atoms with Gasteiger partial charge in [-0.1, -0.05) is 18.2 Å². The lowest BCUT2D eigenvalue weighted by Crippen LogP contribution is -2.25. The fourth-order valence-electron chi connectivity index (χ4n) is 2.82. The molecule has 1 atom stereocenters. The van der Waals surface area contributed by atoms with E-state index in [1.54, 1.807) is 12.3 Å². The first-order valence-corrected chi connectivity index (χ1v) is 6.66. The van der Waals surface area contributed by atoms with Crippen LogP contribution in [0, 0.1) is 5.82 Å². The summed E-state index contributed by atoms with van der Waals surface area (Å²) < 4.78 is 15.9. The molecule has 1 N–H and O–H groups in total. The number of fused-ring (bicyclic) bond motifs is 3. The third-order valence-electron chi connectivity index (χ3n) is 3.74. The summed E-state index contributed by atoms with van der Waals surface area (Å²) in [5.74, 6) is 0.741. The molecule has 0 amide bonds. The number of rotatable bonds is 1. The van der Waals surface area contributed by atoms with Crippen molar-refractivity contribution in [2.75, 3.05) is 11.9 Å². The van der Waals surface area contributed by atoms with Gasteiger partial charge in [-0.05, 0) is 24.6 Å². The minimum absolute atomic E-state index is 0.0818. The van der Waals surface area contributed by atoms with Crippen LogP contribution in [0.2, 0.25) is 0 Å². The number of aromatic nitrogens is 3. The second kappa shape index (κ2) is 4.30. The van der Waals surface area contributed by atoms with Gasteiger partial charge in [-0.25, -0.2) is 14.1 Å². The van der Waals surface area contributed by atoms with Gasteiger partial charge >= 0.3 is 0 Å². The maximum Gasteiger partial charge on any atom is 0.183 e. The second-order valence-electron chi connectivity index (χ2n) is 4.92. The number of nitrogens with one attached hydrogen (secondary N) is 1. The van der Waals surface area contributed by atoms with Crippen LogP contribution in [-0.4, -0.2) is 21.3 Å². The lowest BCUT2D eigenvalue weighted by atomic mass is 10.0. The highest BCUT2D eigenvalue weighted by Crippen LogP contribution is 2.34. The van der Waals surface area contributed by atoms with Crippen molar-refractivity contribution in [1.29, 1.82) is 0 Å². The molecule has 3 aromatic rings. The van der Waals surface area contributed by atoms with Gasteiger partial charge in [0.2, 0.25) is 0 Å². The molecular formula is C15H13FN4. The predicted octanol–water partition coefficient (Wildman–Crippen LogP) is 2.98. The number of nitrogens with zero attached hydrogens (tertiary/aromatic N) is 3. The van der Waals surface area contributed by atoms with Gasteiger partial charge in [0.1, 0.15) is 11.6 Å². The van der Waals surface area contributed by atoms with Crippen LogP contribution < -0.4 is 5.32 Å². The summed E-state index contributed by atoms with van der Waals surface area (Å²) in [7, 11) is 0. The van der Waals surface area contributed by atoms with E-state index in [4.69, 9.17) is 0 Å². The van der Waals surface area contributed by atoms with Crippen LogP contribution >= 0.6 is 0 Å². The zero-order valence-electron chi connectivity index (χ0n) is 10.8. The van der Waals surface area contributed by atoms with E-state index in [1.807, 2.05) is 28.9 Å². The lowest BCUT2D eigenvalue weighted by molar-refractivity contribution is 0.461. The molecule has 4 rings (SSSR count). The molecule has 0 spiro atoms. The Morgan fingerprint density at radius 3 is 3.00 bits per heavy atom. The van der Waals surface area contributed by atoms with E-state index in [0.717, 1.165) is 24.2 Å². The summed E-state index contributed by atoms with van der Waals surface area (Å²) in [5, 5.41) is 8.85. The Kier molecular flexibility index (Phi) is 2.45. The van der Waals surface area contributed by atoms with Gasteiger partial charge < -0.3 is 5.32 Å². The van der Waals surface area contributed by atoms with E-state index in [9.17, 15) is 4.39 Å². The Morgan fingerprint density at radius 2 is 2.10 bits per heavy atom. The molecule has 4 nitrogen and oxygen atoms in total. The molecule has 0 bridgehead atoms. The second-order valence-corrected chi connectivity index (χ2v) is 4.92. The Labute approximate surface area is 115 Å². The molecule has 20 heavy (non-hydrogen) atoms. The molecular weight excluding hydrogens is 255 g/mol.